The Morgan fingerprint density at radius 3 is 2.55 bits per heavy atom. The third-order valence-corrected chi connectivity index (χ3v) is 5.91. The fourth-order valence-corrected chi connectivity index (χ4v) is 3.93. The maximum atomic E-state index is 12.7. The summed E-state index contributed by atoms with van der Waals surface area (Å²) in [5.41, 5.74) is 3.63. The van der Waals surface area contributed by atoms with Crippen molar-refractivity contribution in [3.8, 4) is 0 Å². The minimum atomic E-state index is -0.172. The van der Waals surface area contributed by atoms with Crippen LogP contribution in [-0.2, 0) is 4.79 Å². The standard InChI is InChI=1S/C24H37N5O2/c1-7-22(29(6)26-8-2)18(4)23(30)27-20-9-10-21(17(3)15-20)24(31)25-16-19-11-13-28(5)14-12-19/h8-10,15,19H,7,11-14,16H2,1-6H3,(H,25,31)(H,27,30)/b22-18+,26-8-. The Labute approximate surface area is 186 Å². The van der Waals surface area contributed by atoms with Crippen molar-refractivity contribution in [2.24, 2.45) is 11.0 Å². The van der Waals surface area contributed by atoms with E-state index in [1.54, 1.807) is 30.3 Å². The van der Waals surface area contributed by atoms with Crippen molar-refractivity contribution < 1.29 is 9.59 Å². The molecule has 170 valence electrons. The first kappa shape index (κ1) is 24.6. The number of nitrogens with one attached hydrogen (secondary N) is 2. The first-order valence-corrected chi connectivity index (χ1v) is 11.1. The van der Waals surface area contributed by atoms with Gasteiger partial charge < -0.3 is 15.5 Å². The Kier molecular flexibility index (Phi) is 9.24. The van der Waals surface area contributed by atoms with Crippen LogP contribution in [0.4, 0.5) is 5.69 Å². The van der Waals surface area contributed by atoms with Gasteiger partial charge in [-0.3, -0.25) is 14.6 Å². The quantitative estimate of drug-likeness (QED) is 0.377. The molecular formula is C24H37N5O2. The lowest BCUT2D eigenvalue weighted by Crippen LogP contribution is -2.37. The molecule has 0 aromatic heterocycles. The minimum absolute atomic E-state index is 0.0577. The average Bonchev–Trinajstić information content (AvgIpc) is 2.73. The van der Waals surface area contributed by atoms with Gasteiger partial charge in [0.25, 0.3) is 11.8 Å². The highest BCUT2D eigenvalue weighted by Gasteiger charge is 2.19. The van der Waals surface area contributed by atoms with E-state index in [9.17, 15) is 9.59 Å². The molecule has 31 heavy (non-hydrogen) atoms. The van der Waals surface area contributed by atoms with E-state index < -0.39 is 0 Å². The Morgan fingerprint density at radius 2 is 1.97 bits per heavy atom. The minimum Gasteiger partial charge on any atom is -0.352 e. The summed E-state index contributed by atoms with van der Waals surface area (Å²) in [5.74, 6) is 0.309. The van der Waals surface area contributed by atoms with Crippen molar-refractivity contribution in [1.82, 2.24) is 15.2 Å². The van der Waals surface area contributed by atoms with Gasteiger partial charge in [-0.25, -0.2) is 0 Å². The molecule has 7 nitrogen and oxygen atoms in total. The first-order chi connectivity index (χ1) is 14.8. The van der Waals surface area contributed by atoms with Crippen molar-refractivity contribution in [2.45, 2.75) is 47.0 Å². The molecular weight excluding hydrogens is 390 g/mol. The van der Waals surface area contributed by atoms with Crippen LogP contribution < -0.4 is 10.6 Å². The van der Waals surface area contributed by atoms with E-state index in [-0.39, 0.29) is 11.8 Å². The fourth-order valence-electron chi connectivity index (χ4n) is 3.93. The molecule has 1 fully saturated rings. The summed E-state index contributed by atoms with van der Waals surface area (Å²) in [4.78, 5) is 27.7. The zero-order chi connectivity index (χ0) is 23.0. The number of anilines is 1. The number of piperidine rings is 1. The number of benzene rings is 1. The Morgan fingerprint density at radius 1 is 1.29 bits per heavy atom. The number of nitrogens with zero attached hydrogens (tertiary/aromatic N) is 3. The number of hydrazone groups is 1. The van der Waals surface area contributed by atoms with Crippen molar-refractivity contribution in [2.75, 3.05) is 39.0 Å². The van der Waals surface area contributed by atoms with Crippen LogP contribution in [0.3, 0.4) is 0 Å². The topological polar surface area (TPSA) is 77.0 Å². The van der Waals surface area contributed by atoms with E-state index in [0.29, 0.717) is 35.7 Å². The van der Waals surface area contributed by atoms with E-state index in [1.807, 2.05) is 33.9 Å². The molecule has 1 heterocycles. The normalized spacial score (nSPS) is 16.2. The first-order valence-electron chi connectivity index (χ1n) is 11.1. The van der Waals surface area contributed by atoms with Gasteiger partial charge in [-0.1, -0.05) is 6.92 Å². The molecule has 0 aliphatic carbocycles. The third kappa shape index (κ3) is 6.92. The number of amides is 2. The molecule has 1 aliphatic heterocycles. The number of carbonyl (C=O) groups excluding carboxylic acids is 2. The zero-order valence-corrected chi connectivity index (χ0v) is 19.8. The molecule has 0 bridgehead atoms. The number of allylic oxidation sites excluding steroid dienone is 1. The number of likely N-dealkylation sites (tertiary alicyclic amines) is 1. The smallest absolute Gasteiger partial charge is 0.253 e. The predicted molar refractivity (Wildman–Crippen MR) is 127 cm³/mol. The molecule has 1 aromatic rings. The van der Waals surface area contributed by atoms with E-state index in [2.05, 4.69) is 27.7 Å². The summed E-state index contributed by atoms with van der Waals surface area (Å²) in [5, 5.41) is 12.0. The van der Waals surface area contributed by atoms with Crippen molar-refractivity contribution in [3.05, 3.63) is 40.6 Å². The molecule has 1 aromatic carbocycles. The van der Waals surface area contributed by atoms with Crippen LogP contribution >= 0.6 is 0 Å². The largest absolute Gasteiger partial charge is 0.352 e. The molecule has 0 unspecified atom stereocenters. The maximum Gasteiger partial charge on any atom is 0.253 e. The van der Waals surface area contributed by atoms with Crippen molar-refractivity contribution >= 4 is 23.7 Å². The summed E-state index contributed by atoms with van der Waals surface area (Å²) in [6, 6.07) is 5.40. The Bertz CT molecular complexity index is 838. The molecule has 2 amide bonds. The summed E-state index contributed by atoms with van der Waals surface area (Å²) >= 11 is 0. The predicted octanol–water partition coefficient (Wildman–Crippen LogP) is 3.63. The highest BCUT2D eigenvalue weighted by atomic mass is 16.2. The molecule has 0 saturated carbocycles. The van der Waals surface area contributed by atoms with Crippen molar-refractivity contribution in [1.29, 1.82) is 0 Å². The van der Waals surface area contributed by atoms with Gasteiger partial charge in [-0.2, -0.15) is 5.10 Å². The summed E-state index contributed by atoms with van der Waals surface area (Å²) in [6.07, 6.45) is 4.63. The second-order valence-corrected chi connectivity index (χ2v) is 8.26. The SMILES string of the molecule is C/C=N\N(C)/C(CC)=C(\C)C(=O)Nc1ccc(C(=O)NCC2CCN(C)CC2)c(C)c1. The van der Waals surface area contributed by atoms with Crippen LogP contribution in [0.5, 0.6) is 0 Å². The number of rotatable bonds is 8. The monoisotopic (exact) mass is 427 g/mol. The van der Waals surface area contributed by atoms with Crippen LogP contribution in [-0.4, -0.2) is 61.7 Å². The van der Waals surface area contributed by atoms with E-state index in [0.717, 1.165) is 37.2 Å². The van der Waals surface area contributed by atoms with Crippen LogP contribution in [0.2, 0.25) is 0 Å². The summed E-state index contributed by atoms with van der Waals surface area (Å²) in [7, 11) is 3.97. The lowest BCUT2D eigenvalue weighted by Gasteiger charge is -2.29. The van der Waals surface area contributed by atoms with Gasteiger partial charge in [0, 0.05) is 42.3 Å². The van der Waals surface area contributed by atoms with Crippen LogP contribution in [0.15, 0.2) is 34.6 Å². The van der Waals surface area contributed by atoms with E-state index in [4.69, 9.17) is 0 Å². The fraction of sp³-hybridized carbons (Fsp3) is 0.542. The average molecular weight is 428 g/mol. The highest BCUT2D eigenvalue weighted by molar-refractivity contribution is 6.04. The van der Waals surface area contributed by atoms with Gasteiger partial charge >= 0.3 is 0 Å². The lowest BCUT2D eigenvalue weighted by atomic mass is 9.97. The number of carbonyl (C=O) groups is 2. The van der Waals surface area contributed by atoms with Gasteiger partial charge in [0.15, 0.2) is 0 Å². The third-order valence-electron chi connectivity index (χ3n) is 5.91. The Balaban J connectivity index is 2.01. The molecule has 2 rings (SSSR count). The second kappa shape index (κ2) is 11.6. The van der Waals surface area contributed by atoms with E-state index >= 15 is 0 Å². The molecule has 0 atom stereocenters. The molecule has 1 saturated heterocycles. The van der Waals surface area contributed by atoms with Gasteiger partial charge in [0.05, 0.1) is 0 Å². The van der Waals surface area contributed by atoms with Gasteiger partial charge in [0.1, 0.15) is 0 Å². The number of aryl methyl sites for hydroxylation is 1. The molecule has 0 spiro atoms. The van der Waals surface area contributed by atoms with Gasteiger partial charge in [-0.15, -0.1) is 0 Å². The summed E-state index contributed by atoms with van der Waals surface area (Å²) < 4.78 is 0. The Hall–Kier alpha value is -2.67. The van der Waals surface area contributed by atoms with Crippen LogP contribution in [0, 0.1) is 12.8 Å². The number of hydrogen-bond acceptors (Lipinski definition) is 5. The molecule has 2 N–H and O–H groups in total. The highest BCUT2D eigenvalue weighted by Crippen LogP contribution is 2.19. The van der Waals surface area contributed by atoms with Crippen molar-refractivity contribution in [3.63, 3.8) is 0 Å². The summed E-state index contributed by atoms with van der Waals surface area (Å²) in [6.45, 7) is 10.4. The molecule has 0 radical (unpaired) electrons. The second-order valence-electron chi connectivity index (χ2n) is 8.26. The van der Waals surface area contributed by atoms with Gasteiger partial charge in [0.2, 0.25) is 0 Å². The maximum absolute atomic E-state index is 12.7. The lowest BCUT2D eigenvalue weighted by molar-refractivity contribution is -0.113. The zero-order valence-electron chi connectivity index (χ0n) is 19.8. The van der Waals surface area contributed by atoms with E-state index in [1.165, 1.54) is 0 Å². The van der Waals surface area contributed by atoms with Gasteiger partial charge in [-0.05, 0) is 89.9 Å². The number of hydrogen-bond donors (Lipinski definition) is 2. The van der Waals surface area contributed by atoms with Crippen LogP contribution in [0.1, 0.15) is 56.0 Å². The molecule has 7 heteroatoms. The molecule has 1 aliphatic rings. The van der Waals surface area contributed by atoms with Crippen LogP contribution in [0.25, 0.3) is 0 Å².